The van der Waals surface area contributed by atoms with Crippen molar-refractivity contribution in [2.45, 2.75) is 6.92 Å². The lowest BCUT2D eigenvalue weighted by Gasteiger charge is -2.34. The summed E-state index contributed by atoms with van der Waals surface area (Å²) in [5.41, 5.74) is 3.30. The molecule has 3 aromatic rings. The molecule has 0 saturated carbocycles. The van der Waals surface area contributed by atoms with Gasteiger partial charge < -0.3 is 19.5 Å². The quantitative estimate of drug-likeness (QED) is 0.739. The number of benzene rings is 1. The van der Waals surface area contributed by atoms with Crippen molar-refractivity contribution in [2.75, 3.05) is 31.5 Å². The lowest BCUT2D eigenvalue weighted by Crippen LogP contribution is -2.50. The molecule has 1 aliphatic heterocycles. The van der Waals surface area contributed by atoms with Gasteiger partial charge in [-0.2, -0.15) is 0 Å². The fourth-order valence-corrected chi connectivity index (χ4v) is 3.32. The Bertz CT molecular complexity index is 1010. The molecular formula is C22H22N4O3. The third-order valence-corrected chi connectivity index (χ3v) is 4.99. The Morgan fingerprint density at radius 1 is 0.966 bits per heavy atom. The Kier molecular flexibility index (Phi) is 5.29. The zero-order valence-corrected chi connectivity index (χ0v) is 16.2. The Balaban J connectivity index is 1.40. The molecule has 3 heterocycles. The van der Waals surface area contributed by atoms with Gasteiger partial charge in [-0.15, -0.1) is 0 Å². The summed E-state index contributed by atoms with van der Waals surface area (Å²) in [6.45, 7) is 3.88. The Morgan fingerprint density at radius 3 is 2.38 bits per heavy atom. The van der Waals surface area contributed by atoms with Crippen LogP contribution in [0.1, 0.15) is 26.6 Å². The lowest BCUT2D eigenvalue weighted by atomic mass is 10.2. The van der Waals surface area contributed by atoms with Gasteiger partial charge in [0.05, 0.1) is 6.26 Å². The first kappa shape index (κ1) is 18.7. The van der Waals surface area contributed by atoms with E-state index in [-0.39, 0.29) is 11.8 Å². The van der Waals surface area contributed by atoms with E-state index in [9.17, 15) is 9.59 Å². The Labute approximate surface area is 169 Å². The zero-order chi connectivity index (χ0) is 20.2. The molecule has 0 aliphatic carbocycles. The maximum Gasteiger partial charge on any atom is 0.289 e. The van der Waals surface area contributed by atoms with E-state index >= 15 is 0 Å². The first-order valence-corrected chi connectivity index (χ1v) is 9.52. The number of piperazine rings is 1. The number of para-hydroxylation sites is 1. The molecule has 7 heteroatoms. The molecule has 1 fully saturated rings. The van der Waals surface area contributed by atoms with E-state index < -0.39 is 0 Å². The van der Waals surface area contributed by atoms with Crippen LogP contribution < -0.4 is 5.32 Å². The Morgan fingerprint density at radius 2 is 1.69 bits per heavy atom. The average molecular weight is 390 g/mol. The number of hydrogen-bond donors (Lipinski definition) is 1. The molecule has 2 amide bonds. The molecule has 1 aromatic carbocycles. The molecular weight excluding hydrogens is 368 g/mol. The van der Waals surface area contributed by atoms with Crippen LogP contribution in [-0.4, -0.2) is 52.8 Å². The van der Waals surface area contributed by atoms with Gasteiger partial charge in [0.1, 0.15) is 5.69 Å². The second-order valence-electron chi connectivity index (χ2n) is 6.93. The minimum absolute atomic E-state index is 0.136. The summed E-state index contributed by atoms with van der Waals surface area (Å²) >= 11 is 0. The van der Waals surface area contributed by atoms with Crippen LogP contribution in [0.15, 0.2) is 65.4 Å². The van der Waals surface area contributed by atoms with Crippen LogP contribution in [0.5, 0.6) is 0 Å². The molecule has 1 saturated heterocycles. The number of furan rings is 1. The summed E-state index contributed by atoms with van der Waals surface area (Å²) in [7, 11) is 0. The largest absolute Gasteiger partial charge is 0.459 e. The lowest BCUT2D eigenvalue weighted by molar-refractivity contribution is 0.0515. The van der Waals surface area contributed by atoms with Crippen molar-refractivity contribution in [3.63, 3.8) is 0 Å². The number of anilines is 2. The van der Waals surface area contributed by atoms with Crippen LogP contribution in [0, 0.1) is 6.92 Å². The zero-order valence-electron chi connectivity index (χ0n) is 16.2. The topological polar surface area (TPSA) is 78.7 Å². The summed E-state index contributed by atoms with van der Waals surface area (Å²) in [6.07, 6.45) is 3.11. The van der Waals surface area contributed by atoms with Crippen LogP contribution >= 0.6 is 0 Å². The van der Waals surface area contributed by atoms with Gasteiger partial charge >= 0.3 is 0 Å². The Hall–Kier alpha value is -3.61. The molecule has 0 bridgehead atoms. The van der Waals surface area contributed by atoms with Gasteiger partial charge in [-0.1, -0.05) is 18.2 Å². The summed E-state index contributed by atoms with van der Waals surface area (Å²) in [4.78, 5) is 32.9. The van der Waals surface area contributed by atoms with Gasteiger partial charge in [0, 0.05) is 43.8 Å². The van der Waals surface area contributed by atoms with Gasteiger partial charge in [-0.25, -0.2) is 0 Å². The highest BCUT2D eigenvalue weighted by Gasteiger charge is 2.27. The van der Waals surface area contributed by atoms with Gasteiger partial charge in [0.15, 0.2) is 5.76 Å². The first-order valence-electron chi connectivity index (χ1n) is 9.52. The maximum atomic E-state index is 12.9. The van der Waals surface area contributed by atoms with Crippen molar-refractivity contribution in [3.05, 3.63) is 78.0 Å². The fourth-order valence-electron chi connectivity index (χ4n) is 3.32. The van der Waals surface area contributed by atoms with Crippen molar-refractivity contribution in [3.8, 4) is 0 Å². The number of nitrogens with zero attached hydrogens (tertiary/aromatic N) is 3. The third-order valence-electron chi connectivity index (χ3n) is 4.99. The number of aromatic nitrogens is 1. The standard InChI is InChI=1S/C22H22N4O3/c1-16-5-2-3-6-18(16)24-17-8-9-23-19(15-17)21(27)25-10-12-26(13-11-25)22(28)20-7-4-14-29-20/h2-9,14-15H,10-13H2,1H3,(H,23,24). The highest BCUT2D eigenvalue weighted by molar-refractivity contribution is 5.94. The minimum atomic E-state index is -0.148. The van der Waals surface area contributed by atoms with E-state index in [2.05, 4.69) is 10.3 Å². The highest BCUT2D eigenvalue weighted by atomic mass is 16.3. The number of rotatable bonds is 4. The summed E-state index contributed by atoms with van der Waals surface area (Å²) < 4.78 is 5.17. The number of aryl methyl sites for hydroxylation is 1. The number of hydrogen-bond acceptors (Lipinski definition) is 5. The predicted molar refractivity (Wildman–Crippen MR) is 109 cm³/mol. The smallest absolute Gasteiger partial charge is 0.289 e. The number of pyridine rings is 1. The first-order chi connectivity index (χ1) is 14.1. The summed E-state index contributed by atoms with van der Waals surface area (Å²) in [5, 5.41) is 3.33. The van der Waals surface area contributed by atoms with Crippen LogP contribution in [0.3, 0.4) is 0 Å². The average Bonchev–Trinajstić information content (AvgIpc) is 3.30. The highest BCUT2D eigenvalue weighted by Crippen LogP contribution is 2.21. The minimum Gasteiger partial charge on any atom is -0.459 e. The van der Waals surface area contributed by atoms with Gasteiger partial charge in [-0.3, -0.25) is 14.6 Å². The maximum absolute atomic E-state index is 12.9. The van der Waals surface area contributed by atoms with Gasteiger partial charge in [0.25, 0.3) is 11.8 Å². The monoisotopic (exact) mass is 390 g/mol. The van der Waals surface area contributed by atoms with Crippen LogP contribution in [0.2, 0.25) is 0 Å². The molecule has 148 valence electrons. The van der Waals surface area contributed by atoms with Crippen molar-refractivity contribution in [1.82, 2.24) is 14.8 Å². The van der Waals surface area contributed by atoms with E-state index in [1.165, 1.54) is 6.26 Å². The van der Waals surface area contributed by atoms with E-state index in [1.54, 1.807) is 34.2 Å². The van der Waals surface area contributed by atoms with E-state index in [4.69, 9.17) is 4.42 Å². The molecule has 4 rings (SSSR count). The summed E-state index contributed by atoms with van der Waals surface area (Å²) in [5.74, 6) is 0.0367. The normalized spacial score (nSPS) is 14.0. The van der Waals surface area contributed by atoms with E-state index in [0.29, 0.717) is 37.6 Å². The van der Waals surface area contributed by atoms with Crippen molar-refractivity contribution in [2.24, 2.45) is 0 Å². The van der Waals surface area contributed by atoms with Crippen LogP contribution in [-0.2, 0) is 0 Å². The molecule has 0 spiro atoms. The molecule has 1 aliphatic rings. The van der Waals surface area contributed by atoms with Crippen molar-refractivity contribution >= 4 is 23.2 Å². The predicted octanol–water partition coefficient (Wildman–Crippen LogP) is 3.32. The van der Waals surface area contributed by atoms with Crippen LogP contribution in [0.25, 0.3) is 0 Å². The second-order valence-corrected chi connectivity index (χ2v) is 6.93. The summed E-state index contributed by atoms with van der Waals surface area (Å²) in [6, 6.07) is 14.9. The molecule has 29 heavy (non-hydrogen) atoms. The molecule has 2 aromatic heterocycles. The fraction of sp³-hybridized carbons (Fsp3) is 0.227. The van der Waals surface area contributed by atoms with E-state index in [1.807, 2.05) is 37.3 Å². The molecule has 7 nitrogen and oxygen atoms in total. The molecule has 1 N–H and O–H groups in total. The number of amides is 2. The number of carbonyl (C=O) groups excluding carboxylic acids is 2. The van der Waals surface area contributed by atoms with Gasteiger partial charge in [0.2, 0.25) is 0 Å². The van der Waals surface area contributed by atoms with E-state index in [0.717, 1.165) is 16.9 Å². The third kappa shape index (κ3) is 4.13. The van der Waals surface area contributed by atoms with Gasteiger partial charge in [-0.05, 0) is 42.8 Å². The molecule has 0 unspecified atom stereocenters. The SMILES string of the molecule is Cc1ccccc1Nc1ccnc(C(=O)N2CCN(C(=O)c3ccco3)CC2)c1. The molecule has 0 atom stereocenters. The molecule has 0 radical (unpaired) electrons. The van der Waals surface area contributed by atoms with Crippen LogP contribution in [0.4, 0.5) is 11.4 Å². The number of carbonyl (C=O) groups is 2. The van der Waals surface area contributed by atoms with Crippen molar-refractivity contribution < 1.29 is 14.0 Å². The van der Waals surface area contributed by atoms with Crippen molar-refractivity contribution in [1.29, 1.82) is 0 Å². The number of nitrogens with one attached hydrogen (secondary N) is 1. The second kappa shape index (κ2) is 8.18.